The number of thiazole rings is 2. The summed E-state index contributed by atoms with van der Waals surface area (Å²) < 4.78 is 0. The van der Waals surface area contributed by atoms with Crippen molar-refractivity contribution in [3.8, 4) is 0 Å². The lowest BCUT2D eigenvalue weighted by Gasteiger charge is -2.24. The molecule has 0 radical (unpaired) electrons. The molecule has 0 unspecified atom stereocenters. The van der Waals surface area contributed by atoms with Crippen LogP contribution in [0.5, 0.6) is 0 Å². The van der Waals surface area contributed by atoms with E-state index in [1.807, 2.05) is 44.2 Å². The van der Waals surface area contributed by atoms with E-state index in [1.54, 1.807) is 24.6 Å². The third-order valence-corrected chi connectivity index (χ3v) is 9.78. The quantitative estimate of drug-likeness (QED) is 0.247. The van der Waals surface area contributed by atoms with Crippen LogP contribution in [0.15, 0.2) is 45.9 Å². The summed E-state index contributed by atoms with van der Waals surface area (Å²) in [5.74, 6) is -1.23. The van der Waals surface area contributed by atoms with Gasteiger partial charge in [0.25, 0.3) is 17.4 Å². The Morgan fingerprint density at radius 2 is 1.62 bits per heavy atom. The number of hydrogen-bond donors (Lipinski definition) is 4. The molecule has 13 nitrogen and oxygen atoms in total. The topological polar surface area (TPSA) is 179 Å². The minimum absolute atomic E-state index is 0.0214. The van der Waals surface area contributed by atoms with E-state index in [2.05, 4.69) is 35.9 Å². The maximum Gasteiger partial charge on any atom is 0.271 e. The van der Waals surface area contributed by atoms with Gasteiger partial charge in [-0.05, 0) is 38.2 Å². The van der Waals surface area contributed by atoms with Crippen molar-refractivity contribution in [2.24, 2.45) is 5.92 Å². The summed E-state index contributed by atoms with van der Waals surface area (Å²) in [5, 5.41) is 13.3. The molecule has 252 valence electrons. The number of fused-ring (bicyclic) bond motifs is 4. The van der Waals surface area contributed by atoms with Gasteiger partial charge < -0.3 is 25.8 Å². The second-order valence-electron chi connectivity index (χ2n) is 12.0. The highest BCUT2D eigenvalue weighted by Crippen LogP contribution is 2.27. The number of carbonyl (C=O) groups excluding carboxylic acids is 4. The van der Waals surface area contributed by atoms with E-state index >= 15 is 0 Å². The van der Waals surface area contributed by atoms with Gasteiger partial charge in [0, 0.05) is 35.1 Å². The monoisotopic (exact) mass is 690 g/mol. The maximum absolute atomic E-state index is 13.6. The van der Waals surface area contributed by atoms with Crippen molar-refractivity contribution in [2.75, 3.05) is 19.6 Å². The van der Waals surface area contributed by atoms with Crippen molar-refractivity contribution in [3.63, 3.8) is 0 Å². The summed E-state index contributed by atoms with van der Waals surface area (Å²) in [6.45, 7) is 7.30. The van der Waals surface area contributed by atoms with Crippen LogP contribution in [0.1, 0.15) is 86.0 Å². The van der Waals surface area contributed by atoms with Crippen molar-refractivity contribution < 1.29 is 19.2 Å². The minimum Gasteiger partial charge on any atom is -0.351 e. The van der Waals surface area contributed by atoms with E-state index < -0.39 is 35.4 Å². The van der Waals surface area contributed by atoms with E-state index in [0.717, 1.165) is 5.56 Å². The molecule has 5 rings (SSSR count). The second-order valence-corrected chi connectivity index (χ2v) is 13.7. The molecule has 0 aliphatic carbocycles. The highest BCUT2D eigenvalue weighted by Gasteiger charge is 2.28. The van der Waals surface area contributed by atoms with Crippen LogP contribution < -0.4 is 21.5 Å². The smallest absolute Gasteiger partial charge is 0.271 e. The number of amides is 4. The van der Waals surface area contributed by atoms with Crippen molar-refractivity contribution >= 4 is 46.3 Å². The van der Waals surface area contributed by atoms with Crippen LogP contribution in [0.3, 0.4) is 0 Å². The molecule has 0 saturated heterocycles. The van der Waals surface area contributed by atoms with Gasteiger partial charge in [0.1, 0.15) is 27.2 Å². The van der Waals surface area contributed by atoms with Crippen molar-refractivity contribution in [3.05, 3.63) is 95.5 Å². The number of aromatic amines is 1. The Balaban J connectivity index is 1.46. The fourth-order valence-electron chi connectivity index (χ4n) is 5.36. The summed E-state index contributed by atoms with van der Waals surface area (Å²) >= 11 is 2.55. The molecule has 4 amide bonds. The Bertz CT molecular complexity index is 1850. The molecule has 4 aromatic rings. The predicted octanol–water partition coefficient (Wildman–Crippen LogP) is 3.03. The van der Waals surface area contributed by atoms with E-state index in [-0.39, 0.29) is 54.8 Å². The number of nitrogens with one attached hydrogen (secondary N) is 4. The molecular weight excluding hydrogens is 653 g/mol. The van der Waals surface area contributed by atoms with Crippen LogP contribution in [0, 0.1) is 19.8 Å². The Hall–Kier alpha value is -4.76. The zero-order chi connectivity index (χ0) is 34.4. The third kappa shape index (κ3) is 8.58. The summed E-state index contributed by atoms with van der Waals surface area (Å²) in [6.07, 6.45) is 0.504. The number of carbonyl (C=O) groups is 4. The lowest BCUT2D eigenvalue weighted by molar-refractivity contribution is -0.135. The molecule has 0 saturated carbocycles. The molecule has 3 aromatic heterocycles. The Morgan fingerprint density at radius 1 is 0.938 bits per heavy atom. The molecule has 4 N–H and O–H groups in total. The summed E-state index contributed by atoms with van der Waals surface area (Å²) in [5.41, 5.74) is 1.63. The first kappa shape index (κ1) is 34.6. The van der Waals surface area contributed by atoms with Gasteiger partial charge in [-0.3, -0.25) is 24.0 Å². The molecule has 1 aliphatic rings. The fraction of sp³-hybridized carbons (Fsp3) is 0.394. The van der Waals surface area contributed by atoms with Crippen molar-refractivity contribution in [2.45, 2.75) is 59.0 Å². The van der Waals surface area contributed by atoms with Crippen LogP contribution >= 0.6 is 22.7 Å². The molecule has 48 heavy (non-hydrogen) atoms. The number of rotatable bonds is 5. The third-order valence-electron chi connectivity index (χ3n) is 7.89. The van der Waals surface area contributed by atoms with Crippen molar-refractivity contribution in [1.29, 1.82) is 0 Å². The van der Waals surface area contributed by atoms with Crippen LogP contribution in [0.25, 0.3) is 0 Å². The first-order valence-corrected chi connectivity index (χ1v) is 17.4. The van der Waals surface area contributed by atoms with Gasteiger partial charge in [0.05, 0.1) is 25.0 Å². The zero-order valence-electron chi connectivity index (χ0n) is 27.2. The van der Waals surface area contributed by atoms with Crippen LogP contribution in [-0.2, 0) is 22.4 Å². The lowest BCUT2D eigenvalue weighted by Crippen LogP contribution is -2.44. The molecule has 0 spiro atoms. The van der Waals surface area contributed by atoms with Crippen LogP contribution in [0.4, 0.5) is 0 Å². The number of aryl methyl sites for hydroxylation is 2. The highest BCUT2D eigenvalue weighted by molar-refractivity contribution is 7.10. The number of aromatic nitrogens is 4. The molecule has 4 heterocycles. The molecule has 1 aliphatic heterocycles. The average molecular weight is 691 g/mol. The average Bonchev–Trinajstić information content (AvgIpc) is 3.73. The van der Waals surface area contributed by atoms with Gasteiger partial charge in [-0.1, -0.05) is 44.2 Å². The molecule has 15 heteroatoms. The predicted molar refractivity (Wildman–Crippen MR) is 182 cm³/mol. The molecule has 2 atom stereocenters. The minimum atomic E-state index is -0.585. The number of H-pyrrole nitrogens is 1. The largest absolute Gasteiger partial charge is 0.351 e. The van der Waals surface area contributed by atoms with Crippen LogP contribution in [-0.4, -0.2) is 68.1 Å². The molecule has 1 aromatic carbocycles. The van der Waals surface area contributed by atoms with E-state index in [4.69, 9.17) is 0 Å². The molecule has 0 fully saturated rings. The zero-order valence-corrected chi connectivity index (χ0v) is 28.8. The molecular formula is C33H38N8O5S2. The Morgan fingerprint density at radius 3 is 2.33 bits per heavy atom. The number of benzene rings is 1. The lowest BCUT2D eigenvalue weighted by atomic mass is 10.0. The van der Waals surface area contributed by atoms with E-state index in [9.17, 15) is 24.0 Å². The SMILES string of the molecule is Cc1nc(C)c(CC(=O)N2CCCNC(=O)c3csc(n3)[C@H](C(C)C)NC(=O)c3csc(n3)[C@H](Cc3ccccc3)NC(=O)C2)c(=O)[nH]1. The first-order chi connectivity index (χ1) is 23.0. The second kappa shape index (κ2) is 15.4. The number of nitrogens with zero attached hydrogens (tertiary/aromatic N) is 4. The summed E-state index contributed by atoms with van der Waals surface area (Å²) in [7, 11) is 0. The Labute approximate surface area is 285 Å². The van der Waals surface area contributed by atoms with Gasteiger partial charge in [-0.25, -0.2) is 15.0 Å². The standard InChI is InChI=1S/C33H38N8O5S2/c1-18(2)28-33-39-24(16-48-33)30(45)34-11-8-12-41(27(43)14-22-19(3)35-20(4)36-29(22)44)15-26(42)37-23(13-21-9-6-5-7-10-21)32-38-25(17-47-32)31(46)40-28/h5-7,9-10,16-18,23,28H,8,11-15H2,1-4H3,(H,34,45)(H,37,42)(H,40,46)(H,35,36,44)/t23-,28-/m0/s1. The van der Waals surface area contributed by atoms with Gasteiger partial charge in [0.2, 0.25) is 11.8 Å². The number of hydrogen-bond acceptors (Lipinski definition) is 10. The van der Waals surface area contributed by atoms with Crippen molar-refractivity contribution in [1.82, 2.24) is 40.8 Å². The summed E-state index contributed by atoms with van der Waals surface area (Å²) in [4.78, 5) is 83.7. The first-order valence-electron chi connectivity index (χ1n) is 15.7. The van der Waals surface area contributed by atoms with Gasteiger partial charge in [-0.15, -0.1) is 22.7 Å². The van der Waals surface area contributed by atoms with Crippen LogP contribution in [0.2, 0.25) is 0 Å². The highest BCUT2D eigenvalue weighted by atomic mass is 32.1. The van der Waals surface area contributed by atoms with E-state index in [0.29, 0.717) is 34.4 Å². The Kier molecular flexibility index (Phi) is 11.1. The summed E-state index contributed by atoms with van der Waals surface area (Å²) in [6, 6.07) is 8.56. The van der Waals surface area contributed by atoms with Gasteiger partial charge in [0.15, 0.2) is 0 Å². The normalized spacial score (nSPS) is 17.9. The van der Waals surface area contributed by atoms with Gasteiger partial charge >= 0.3 is 0 Å². The van der Waals surface area contributed by atoms with Gasteiger partial charge in [-0.2, -0.15) is 0 Å². The fourth-order valence-corrected chi connectivity index (χ4v) is 7.23. The maximum atomic E-state index is 13.6. The van der Waals surface area contributed by atoms with E-state index in [1.165, 1.54) is 27.6 Å². The molecule has 4 bridgehead atoms.